The van der Waals surface area contributed by atoms with Crippen molar-refractivity contribution in [2.45, 2.75) is 26.4 Å². The van der Waals surface area contributed by atoms with Crippen molar-refractivity contribution in [2.24, 2.45) is 11.8 Å². The predicted molar refractivity (Wildman–Crippen MR) is 69.3 cm³/mol. The third-order valence-corrected chi connectivity index (χ3v) is 4.55. The molecular formula is C11H24N2O4S. The van der Waals surface area contributed by atoms with Crippen LogP contribution in [-0.2, 0) is 14.9 Å². The molecule has 0 aromatic carbocycles. The molecule has 1 aliphatic rings. The summed E-state index contributed by atoms with van der Waals surface area (Å²) in [6.07, 6.45) is 0.239. The average Bonchev–Trinajstić information content (AvgIpc) is 2.26. The van der Waals surface area contributed by atoms with Crippen molar-refractivity contribution in [3.05, 3.63) is 0 Å². The molecule has 1 rings (SSSR count). The largest absolute Gasteiger partial charge is 0.389 e. The summed E-state index contributed by atoms with van der Waals surface area (Å²) < 4.78 is 32.7. The minimum Gasteiger partial charge on any atom is -0.389 e. The number of aliphatic hydroxyl groups is 1. The summed E-state index contributed by atoms with van der Waals surface area (Å²) >= 11 is 0. The van der Waals surface area contributed by atoms with E-state index in [4.69, 9.17) is 4.74 Å². The van der Waals surface area contributed by atoms with Gasteiger partial charge in [0.1, 0.15) is 0 Å². The van der Waals surface area contributed by atoms with E-state index in [9.17, 15) is 13.5 Å². The molecule has 0 bridgehead atoms. The number of nitrogens with zero attached hydrogens (tertiary/aromatic N) is 1. The second-order valence-electron chi connectivity index (χ2n) is 5.23. The van der Waals surface area contributed by atoms with Crippen molar-refractivity contribution < 1.29 is 18.3 Å². The molecule has 1 aliphatic heterocycles. The van der Waals surface area contributed by atoms with E-state index < -0.39 is 16.3 Å². The van der Waals surface area contributed by atoms with Gasteiger partial charge in [-0.3, -0.25) is 0 Å². The van der Waals surface area contributed by atoms with E-state index >= 15 is 0 Å². The van der Waals surface area contributed by atoms with Crippen molar-refractivity contribution in [1.29, 1.82) is 0 Å². The smallest absolute Gasteiger partial charge is 0.279 e. The minimum atomic E-state index is -3.49. The van der Waals surface area contributed by atoms with Gasteiger partial charge >= 0.3 is 0 Å². The Bertz CT molecular complexity index is 337. The Balaban J connectivity index is 2.52. The Morgan fingerprint density at radius 2 is 1.94 bits per heavy atom. The van der Waals surface area contributed by atoms with Crippen LogP contribution in [0.5, 0.6) is 0 Å². The van der Waals surface area contributed by atoms with Crippen LogP contribution in [0.3, 0.4) is 0 Å². The minimum absolute atomic E-state index is 0.0184. The van der Waals surface area contributed by atoms with Crippen molar-refractivity contribution in [2.75, 3.05) is 33.4 Å². The maximum absolute atomic E-state index is 12.0. The van der Waals surface area contributed by atoms with Crippen molar-refractivity contribution in [1.82, 2.24) is 9.03 Å². The number of ether oxygens (including phenoxy) is 1. The number of piperidine rings is 1. The standard InChI is InChI=1S/C11H24N2O4S/c1-9-4-10(2)7-13(6-9)18(15,16)12-5-11(14)8-17-3/h9-12,14H,4-8H2,1-3H3. The van der Waals surface area contributed by atoms with Gasteiger partial charge in [0, 0.05) is 26.7 Å². The van der Waals surface area contributed by atoms with Gasteiger partial charge in [0.15, 0.2) is 0 Å². The van der Waals surface area contributed by atoms with E-state index in [0.717, 1.165) is 6.42 Å². The molecule has 1 heterocycles. The number of rotatable bonds is 6. The molecule has 108 valence electrons. The zero-order valence-electron chi connectivity index (χ0n) is 11.3. The van der Waals surface area contributed by atoms with Crippen LogP contribution < -0.4 is 4.72 Å². The summed E-state index contributed by atoms with van der Waals surface area (Å²) in [4.78, 5) is 0. The van der Waals surface area contributed by atoms with Crippen molar-refractivity contribution in [3.63, 3.8) is 0 Å². The maximum Gasteiger partial charge on any atom is 0.279 e. The molecule has 0 aliphatic carbocycles. The van der Waals surface area contributed by atoms with E-state index in [0.29, 0.717) is 24.9 Å². The molecule has 0 aromatic rings. The normalized spacial score (nSPS) is 28.2. The van der Waals surface area contributed by atoms with Crippen LogP contribution in [0.1, 0.15) is 20.3 Å². The molecule has 0 amide bonds. The van der Waals surface area contributed by atoms with E-state index in [2.05, 4.69) is 18.6 Å². The van der Waals surface area contributed by atoms with Crippen LogP contribution in [-0.4, -0.2) is 57.3 Å². The lowest BCUT2D eigenvalue weighted by Crippen LogP contribution is -2.49. The summed E-state index contributed by atoms with van der Waals surface area (Å²) in [6.45, 7) is 5.29. The average molecular weight is 280 g/mol. The molecule has 0 spiro atoms. The Kier molecular flexibility index (Phi) is 6.00. The number of aliphatic hydroxyl groups excluding tert-OH is 1. The third kappa shape index (κ3) is 4.81. The molecule has 1 saturated heterocycles. The van der Waals surface area contributed by atoms with Crippen molar-refractivity contribution >= 4 is 10.2 Å². The SMILES string of the molecule is COCC(O)CNS(=O)(=O)N1CC(C)CC(C)C1. The molecule has 0 saturated carbocycles. The lowest BCUT2D eigenvalue weighted by molar-refractivity contribution is 0.0675. The monoisotopic (exact) mass is 280 g/mol. The van der Waals surface area contributed by atoms with Crippen LogP contribution in [0.15, 0.2) is 0 Å². The first kappa shape index (κ1) is 15.8. The van der Waals surface area contributed by atoms with E-state index in [1.165, 1.54) is 11.4 Å². The van der Waals surface area contributed by atoms with Gasteiger partial charge in [0.25, 0.3) is 10.2 Å². The number of methoxy groups -OCH3 is 1. The second-order valence-corrected chi connectivity index (χ2v) is 6.98. The van der Waals surface area contributed by atoms with Gasteiger partial charge < -0.3 is 9.84 Å². The quantitative estimate of drug-likeness (QED) is 0.706. The van der Waals surface area contributed by atoms with Crippen LogP contribution in [0.4, 0.5) is 0 Å². The highest BCUT2D eigenvalue weighted by molar-refractivity contribution is 7.87. The highest BCUT2D eigenvalue weighted by Crippen LogP contribution is 2.22. The van der Waals surface area contributed by atoms with Gasteiger partial charge in [0.2, 0.25) is 0 Å². The Hall–Kier alpha value is -0.210. The summed E-state index contributed by atoms with van der Waals surface area (Å²) in [6, 6.07) is 0. The second kappa shape index (κ2) is 6.81. The Labute approximate surface area is 109 Å². The third-order valence-electron chi connectivity index (χ3n) is 3.04. The summed E-state index contributed by atoms with van der Waals surface area (Å²) in [5.41, 5.74) is 0. The molecule has 2 N–H and O–H groups in total. The number of hydrogen-bond donors (Lipinski definition) is 2. The van der Waals surface area contributed by atoms with Crippen LogP contribution in [0.25, 0.3) is 0 Å². The van der Waals surface area contributed by atoms with E-state index in [1.807, 2.05) is 0 Å². The van der Waals surface area contributed by atoms with Gasteiger partial charge in [-0.05, 0) is 18.3 Å². The fraction of sp³-hybridized carbons (Fsp3) is 1.00. The van der Waals surface area contributed by atoms with Crippen molar-refractivity contribution in [3.8, 4) is 0 Å². The first-order chi connectivity index (χ1) is 8.35. The lowest BCUT2D eigenvalue weighted by atomic mass is 9.94. The molecule has 3 atom stereocenters. The zero-order chi connectivity index (χ0) is 13.8. The molecular weight excluding hydrogens is 256 g/mol. The van der Waals surface area contributed by atoms with Gasteiger partial charge in [0.05, 0.1) is 12.7 Å². The molecule has 7 heteroatoms. The summed E-state index contributed by atoms with van der Waals surface area (Å²) in [5, 5.41) is 9.44. The molecule has 1 fully saturated rings. The lowest BCUT2D eigenvalue weighted by Gasteiger charge is -2.34. The van der Waals surface area contributed by atoms with Gasteiger partial charge in [-0.1, -0.05) is 13.8 Å². The number of hydrogen-bond acceptors (Lipinski definition) is 4. The topological polar surface area (TPSA) is 78.9 Å². The van der Waals surface area contributed by atoms with E-state index in [-0.39, 0.29) is 13.2 Å². The molecule has 0 aromatic heterocycles. The van der Waals surface area contributed by atoms with Crippen LogP contribution in [0.2, 0.25) is 0 Å². The Morgan fingerprint density at radius 3 is 2.44 bits per heavy atom. The van der Waals surface area contributed by atoms with Gasteiger partial charge in [-0.25, -0.2) is 0 Å². The maximum atomic E-state index is 12.0. The zero-order valence-corrected chi connectivity index (χ0v) is 12.1. The first-order valence-electron chi connectivity index (χ1n) is 6.27. The first-order valence-corrected chi connectivity index (χ1v) is 7.71. The molecule has 0 radical (unpaired) electrons. The van der Waals surface area contributed by atoms with E-state index in [1.54, 1.807) is 0 Å². The molecule has 6 nitrogen and oxygen atoms in total. The fourth-order valence-corrected chi connectivity index (χ4v) is 3.83. The fourth-order valence-electron chi connectivity index (χ4n) is 2.35. The highest BCUT2D eigenvalue weighted by Gasteiger charge is 2.30. The van der Waals surface area contributed by atoms with Gasteiger partial charge in [-0.2, -0.15) is 17.4 Å². The summed E-state index contributed by atoms with van der Waals surface area (Å²) in [7, 11) is -2.03. The molecule has 3 unspecified atom stereocenters. The number of nitrogens with one attached hydrogen (secondary N) is 1. The highest BCUT2D eigenvalue weighted by atomic mass is 32.2. The van der Waals surface area contributed by atoms with Crippen LogP contribution >= 0.6 is 0 Å². The summed E-state index contributed by atoms with van der Waals surface area (Å²) in [5.74, 6) is 0.739. The predicted octanol–water partition coefficient (Wildman–Crippen LogP) is -0.194. The molecule has 18 heavy (non-hydrogen) atoms. The van der Waals surface area contributed by atoms with Crippen LogP contribution in [0, 0.1) is 11.8 Å². The van der Waals surface area contributed by atoms with Gasteiger partial charge in [-0.15, -0.1) is 0 Å². The Morgan fingerprint density at radius 1 is 1.39 bits per heavy atom.